The van der Waals surface area contributed by atoms with Crippen molar-refractivity contribution in [1.82, 2.24) is 20.9 Å². The third-order valence-corrected chi connectivity index (χ3v) is 8.57. The molecule has 0 spiro atoms. The number of rotatable bonds is 12. The molecular weight excluding hydrogens is 544 g/mol. The molecule has 0 aromatic heterocycles. The molecule has 2 fully saturated rings. The van der Waals surface area contributed by atoms with Gasteiger partial charge in [0.2, 0.25) is 23.6 Å². The number of nitrogens with zero attached hydrogens (tertiary/aromatic N) is 1. The lowest BCUT2D eigenvalue weighted by molar-refractivity contribution is -0.138. The van der Waals surface area contributed by atoms with Crippen molar-refractivity contribution in [3.63, 3.8) is 0 Å². The van der Waals surface area contributed by atoms with Crippen molar-refractivity contribution >= 4 is 40.7 Å². The third-order valence-electron chi connectivity index (χ3n) is 8.57. The van der Waals surface area contributed by atoms with Crippen LogP contribution in [-0.2, 0) is 36.8 Å². The fourth-order valence-corrected chi connectivity index (χ4v) is 6.33. The van der Waals surface area contributed by atoms with Gasteiger partial charge in [-0.25, -0.2) is 0 Å². The van der Waals surface area contributed by atoms with Gasteiger partial charge in [-0.15, -0.1) is 0 Å². The van der Waals surface area contributed by atoms with Gasteiger partial charge in [0, 0.05) is 24.9 Å². The summed E-state index contributed by atoms with van der Waals surface area (Å²) < 4.78 is 0. The van der Waals surface area contributed by atoms with Crippen molar-refractivity contribution in [2.75, 3.05) is 6.54 Å². The van der Waals surface area contributed by atoms with Crippen LogP contribution in [0.5, 0.6) is 0 Å². The molecule has 9 nitrogen and oxygen atoms in total. The van der Waals surface area contributed by atoms with E-state index in [-0.39, 0.29) is 42.5 Å². The van der Waals surface area contributed by atoms with Crippen LogP contribution in [0.4, 0.5) is 0 Å². The van der Waals surface area contributed by atoms with Crippen LogP contribution in [-0.4, -0.2) is 65.5 Å². The quantitative estimate of drug-likeness (QED) is 0.283. The van der Waals surface area contributed by atoms with Crippen molar-refractivity contribution in [1.29, 1.82) is 0 Å². The lowest BCUT2D eigenvalue weighted by Gasteiger charge is -2.28. The lowest BCUT2D eigenvalue weighted by Crippen LogP contribution is -2.53. The van der Waals surface area contributed by atoms with Crippen molar-refractivity contribution in [2.24, 2.45) is 5.92 Å². The zero-order valence-corrected chi connectivity index (χ0v) is 24.3. The summed E-state index contributed by atoms with van der Waals surface area (Å²) in [6, 6.07) is 20.4. The summed E-state index contributed by atoms with van der Waals surface area (Å²) in [6.07, 6.45) is 3.10. The van der Waals surface area contributed by atoms with E-state index in [4.69, 9.17) is 0 Å². The fourth-order valence-electron chi connectivity index (χ4n) is 6.33. The second-order valence-electron chi connectivity index (χ2n) is 11.6. The second-order valence-corrected chi connectivity index (χ2v) is 11.6. The average molecular weight is 583 g/mol. The minimum atomic E-state index is -0.915. The smallest absolute Gasteiger partial charge is 0.246 e. The molecule has 5 rings (SSSR count). The van der Waals surface area contributed by atoms with Crippen molar-refractivity contribution in [3.8, 4) is 0 Å². The third kappa shape index (κ3) is 7.10. The molecule has 224 valence electrons. The molecule has 2 saturated heterocycles. The highest BCUT2D eigenvalue weighted by atomic mass is 16.2. The molecule has 0 bridgehead atoms. The maximum Gasteiger partial charge on any atom is 0.246 e. The van der Waals surface area contributed by atoms with E-state index < -0.39 is 24.0 Å². The highest BCUT2D eigenvalue weighted by Gasteiger charge is 2.42. The number of carbonyl (C=O) groups is 5. The van der Waals surface area contributed by atoms with Gasteiger partial charge in [-0.05, 0) is 54.5 Å². The van der Waals surface area contributed by atoms with E-state index in [2.05, 4.69) is 16.0 Å². The van der Waals surface area contributed by atoms with Crippen LogP contribution in [0.2, 0.25) is 0 Å². The Morgan fingerprint density at radius 1 is 1.02 bits per heavy atom. The molecule has 43 heavy (non-hydrogen) atoms. The number of aldehydes is 1. The summed E-state index contributed by atoms with van der Waals surface area (Å²) in [5.41, 5.74) is 1.73. The molecule has 3 aromatic rings. The van der Waals surface area contributed by atoms with Crippen LogP contribution in [0.3, 0.4) is 0 Å². The van der Waals surface area contributed by atoms with E-state index in [0.717, 1.165) is 34.6 Å². The molecule has 2 heterocycles. The van der Waals surface area contributed by atoms with E-state index in [1.54, 1.807) is 4.90 Å². The predicted octanol–water partition coefficient (Wildman–Crippen LogP) is 2.70. The summed E-state index contributed by atoms with van der Waals surface area (Å²) in [5.74, 6) is -1.24. The fraction of sp³-hybridized carbons (Fsp3) is 0.382. The van der Waals surface area contributed by atoms with Gasteiger partial charge in [0.1, 0.15) is 18.4 Å². The topological polar surface area (TPSA) is 125 Å². The number of benzene rings is 3. The van der Waals surface area contributed by atoms with Crippen LogP contribution in [0, 0.1) is 5.92 Å². The van der Waals surface area contributed by atoms with Gasteiger partial charge >= 0.3 is 0 Å². The van der Waals surface area contributed by atoms with Gasteiger partial charge in [-0.2, -0.15) is 0 Å². The van der Waals surface area contributed by atoms with Crippen LogP contribution in [0.25, 0.3) is 10.8 Å². The summed E-state index contributed by atoms with van der Waals surface area (Å²) in [7, 11) is 0. The first-order chi connectivity index (χ1) is 20.8. The Labute approximate surface area is 251 Å². The van der Waals surface area contributed by atoms with Gasteiger partial charge in [0.25, 0.3) is 0 Å². The van der Waals surface area contributed by atoms with E-state index in [0.29, 0.717) is 25.8 Å². The van der Waals surface area contributed by atoms with E-state index in [1.807, 2.05) is 79.7 Å². The Morgan fingerprint density at radius 2 is 1.77 bits per heavy atom. The van der Waals surface area contributed by atoms with Gasteiger partial charge in [0.15, 0.2) is 0 Å². The zero-order chi connectivity index (χ0) is 30.3. The molecule has 5 atom stereocenters. The number of amides is 4. The van der Waals surface area contributed by atoms with Gasteiger partial charge in [-0.1, -0.05) is 72.8 Å². The SMILES string of the molecule is CC1C[C@H](NC(=O)[C@H](Cc2cccc3ccccc23)NC(=O)Cc2ccccc2)C(=O)N1[C@H](C=O)CC[C@@H]1CCNC1=O. The average Bonchev–Trinajstić information content (AvgIpc) is 3.54. The maximum absolute atomic E-state index is 13.8. The molecule has 2 aliphatic rings. The summed E-state index contributed by atoms with van der Waals surface area (Å²) in [4.78, 5) is 65.9. The molecule has 3 N–H and O–H groups in total. The number of likely N-dealkylation sites (tertiary alicyclic amines) is 1. The van der Waals surface area contributed by atoms with E-state index in [9.17, 15) is 24.0 Å². The summed E-state index contributed by atoms with van der Waals surface area (Å²) >= 11 is 0. The Kier molecular flexibility index (Phi) is 9.49. The lowest BCUT2D eigenvalue weighted by atomic mass is 9.98. The van der Waals surface area contributed by atoms with Crippen LogP contribution >= 0.6 is 0 Å². The van der Waals surface area contributed by atoms with Crippen LogP contribution in [0.15, 0.2) is 72.8 Å². The monoisotopic (exact) mass is 582 g/mol. The molecule has 9 heteroatoms. The summed E-state index contributed by atoms with van der Waals surface area (Å²) in [6.45, 7) is 2.49. The Balaban J connectivity index is 1.30. The van der Waals surface area contributed by atoms with Gasteiger partial charge in [0.05, 0.1) is 12.5 Å². The van der Waals surface area contributed by atoms with Crippen molar-refractivity contribution < 1.29 is 24.0 Å². The van der Waals surface area contributed by atoms with E-state index >= 15 is 0 Å². The largest absolute Gasteiger partial charge is 0.356 e. The molecule has 2 aliphatic heterocycles. The summed E-state index contributed by atoms with van der Waals surface area (Å²) in [5, 5.41) is 10.6. The highest BCUT2D eigenvalue weighted by Crippen LogP contribution is 2.26. The Hall–Kier alpha value is -4.53. The van der Waals surface area contributed by atoms with Crippen molar-refractivity contribution in [3.05, 3.63) is 83.9 Å². The Bertz CT molecular complexity index is 1490. The van der Waals surface area contributed by atoms with Crippen LogP contribution in [0.1, 0.15) is 43.7 Å². The second kappa shape index (κ2) is 13.6. The maximum atomic E-state index is 13.8. The molecule has 0 aliphatic carbocycles. The van der Waals surface area contributed by atoms with Crippen molar-refractivity contribution in [2.45, 2.75) is 69.6 Å². The standard InChI is InChI=1S/C34H38N4O5/c1-22-18-30(34(43)38(22)27(21-39)15-14-25-16-17-35-32(25)41)37-33(42)29(36-31(40)19-23-8-3-2-4-9-23)20-26-12-7-11-24-10-5-6-13-28(24)26/h2-13,21-22,25,27,29-30H,14-20H2,1H3,(H,35,41)(H,36,40)(H,37,42)/t22?,25-,27+,29+,30+/m1/s1. The molecule has 0 saturated carbocycles. The number of fused-ring (bicyclic) bond motifs is 1. The highest BCUT2D eigenvalue weighted by molar-refractivity contribution is 5.95. The molecule has 4 amide bonds. The number of nitrogens with one attached hydrogen (secondary N) is 3. The molecule has 3 aromatic carbocycles. The number of carbonyl (C=O) groups excluding carboxylic acids is 5. The first kappa shape index (κ1) is 29.9. The molecular formula is C34H38N4O5. The van der Waals surface area contributed by atoms with Crippen LogP contribution < -0.4 is 16.0 Å². The first-order valence-corrected chi connectivity index (χ1v) is 15.0. The normalized spacial score (nSPS) is 21.3. The predicted molar refractivity (Wildman–Crippen MR) is 163 cm³/mol. The Morgan fingerprint density at radius 3 is 2.51 bits per heavy atom. The first-order valence-electron chi connectivity index (χ1n) is 15.0. The van der Waals surface area contributed by atoms with E-state index in [1.165, 1.54) is 0 Å². The van der Waals surface area contributed by atoms with Gasteiger partial charge in [-0.3, -0.25) is 19.2 Å². The minimum absolute atomic E-state index is 0.0119. The minimum Gasteiger partial charge on any atom is -0.356 e. The molecule has 1 unspecified atom stereocenters. The zero-order valence-electron chi connectivity index (χ0n) is 24.3. The molecule has 0 radical (unpaired) electrons. The number of hydrogen-bond acceptors (Lipinski definition) is 5. The van der Waals surface area contributed by atoms with Gasteiger partial charge < -0.3 is 25.6 Å². The number of hydrogen-bond donors (Lipinski definition) is 3.